The molecule has 0 fully saturated rings. The first-order valence-corrected chi connectivity index (χ1v) is 6.34. The number of para-hydroxylation sites is 1. The lowest BCUT2D eigenvalue weighted by molar-refractivity contribution is 0.276. The van der Waals surface area contributed by atoms with Crippen LogP contribution >= 0.6 is 23.2 Å². The maximum Gasteiger partial charge on any atom is 0.0746 e. The third-order valence-corrected chi connectivity index (χ3v) is 3.30. The van der Waals surface area contributed by atoms with Crippen LogP contribution < -0.4 is 5.32 Å². The van der Waals surface area contributed by atoms with Crippen molar-refractivity contribution in [3.05, 3.63) is 64.1 Å². The largest absolute Gasteiger partial charge is 0.394 e. The summed E-state index contributed by atoms with van der Waals surface area (Å²) in [6, 6.07) is 14.7. The van der Waals surface area contributed by atoms with Crippen LogP contribution in [0.4, 0.5) is 5.69 Å². The number of hydrogen-bond acceptors (Lipinski definition) is 2. The highest BCUT2D eigenvalue weighted by atomic mass is 35.5. The number of rotatable bonds is 4. The van der Waals surface area contributed by atoms with Crippen LogP contribution in [-0.2, 0) is 0 Å². The number of hydrogen-bond donors (Lipinski definition) is 2. The van der Waals surface area contributed by atoms with Gasteiger partial charge in [-0.3, -0.25) is 0 Å². The SMILES string of the molecule is OCC(Nc1c(Cl)cccc1Cl)c1ccccc1. The van der Waals surface area contributed by atoms with Gasteiger partial charge >= 0.3 is 0 Å². The molecule has 2 rings (SSSR count). The Morgan fingerprint density at radius 1 is 0.944 bits per heavy atom. The second-order valence-electron chi connectivity index (χ2n) is 3.89. The molecule has 1 atom stereocenters. The maximum atomic E-state index is 9.47. The van der Waals surface area contributed by atoms with E-state index in [0.29, 0.717) is 15.7 Å². The molecule has 0 amide bonds. The number of benzene rings is 2. The third-order valence-electron chi connectivity index (χ3n) is 2.67. The molecule has 2 N–H and O–H groups in total. The van der Waals surface area contributed by atoms with Gasteiger partial charge in [0, 0.05) is 0 Å². The highest BCUT2D eigenvalue weighted by Crippen LogP contribution is 2.32. The second kappa shape index (κ2) is 6.10. The van der Waals surface area contributed by atoms with E-state index in [4.69, 9.17) is 23.2 Å². The Morgan fingerprint density at radius 3 is 2.11 bits per heavy atom. The first-order valence-electron chi connectivity index (χ1n) is 5.58. The molecule has 0 saturated carbocycles. The average Bonchev–Trinajstić information content (AvgIpc) is 2.40. The number of aliphatic hydroxyl groups excluding tert-OH is 1. The first-order chi connectivity index (χ1) is 8.72. The van der Waals surface area contributed by atoms with E-state index in [2.05, 4.69) is 5.32 Å². The van der Waals surface area contributed by atoms with Gasteiger partial charge in [0.25, 0.3) is 0 Å². The Morgan fingerprint density at radius 2 is 1.56 bits per heavy atom. The van der Waals surface area contributed by atoms with Gasteiger partial charge in [0.1, 0.15) is 0 Å². The summed E-state index contributed by atoms with van der Waals surface area (Å²) in [7, 11) is 0. The quantitative estimate of drug-likeness (QED) is 0.883. The minimum absolute atomic E-state index is 0.0361. The van der Waals surface area contributed by atoms with Gasteiger partial charge in [0.2, 0.25) is 0 Å². The zero-order valence-electron chi connectivity index (χ0n) is 9.61. The Labute approximate surface area is 116 Å². The van der Waals surface area contributed by atoms with E-state index < -0.39 is 0 Å². The predicted molar refractivity (Wildman–Crippen MR) is 76.4 cm³/mol. The van der Waals surface area contributed by atoms with E-state index in [0.717, 1.165) is 5.56 Å². The average molecular weight is 282 g/mol. The molecule has 0 spiro atoms. The standard InChI is InChI=1S/C14H13Cl2NO/c15-11-7-4-8-12(16)14(11)17-13(9-18)10-5-2-1-3-6-10/h1-8,13,17-18H,9H2. The molecule has 0 aliphatic heterocycles. The lowest BCUT2D eigenvalue weighted by Crippen LogP contribution is -2.15. The molecule has 0 aliphatic rings. The van der Waals surface area contributed by atoms with Crippen LogP contribution in [0.2, 0.25) is 10.0 Å². The zero-order chi connectivity index (χ0) is 13.0. The molecule has 0 saturated heterocycles. The summed E-state index contributed by atoms with van der Waals surface area (Å²) < 4.78 is 0. The molecule has 0 aliphatic carbocycles. The number of anilines is 1. The molecule has 1 unspecified atom stereocenters. The van der Waals surface area contributed by atoms with Crippen molar-refractivity contribution in [2.75, 3.05) is 11.9 Å². The van der Waals surface area contributed by atoms with Crippen molar-refractivity contribution in [3.63, 3.8) is 0 Å². The Hall–Kier alpha value is -1.22. The summed E-state index contributed by atoms with van der Waals surface area (Å²) in [4.78, 5) is 0. The summed E-state index contributed by atoms with van der Waals surface area (Å²) in [5.74, 6) is 0. The number of halogens is 2. The number of nitrogens with one attached hydrogen (secondary N) is 1. The van der Waals surface area contributed by atoms with Gasteiger partial charge in [-0.2, -0.15) is 0 Å². The van der Waals surface area contributed by atoms with Crippen molar-refractivity contribution >= 4 is 28.9 Å². The molecular weight excluding hydrogens is 269 g/mol. The summed E-state index contributed by atoms with van der Waals surface area (Å²) >= 11 is 12.2. The summed E-state index contributed by atoms with van der Waals surface area (Å²) in [6.07, 6.45) is 0. The minimum Gasteiger partial charge on any atom is -0.394 e. The molecule has 0 bridgehead atoms. The fourth-order valence-corrected chi connectivity index (χ4v) is 2.24. The molecule has 0 radical (unpaired) electrons. The van der Waals surface area contributed by atoms with Crippen LogP contribution in [0.3, 0.4) is 0 Å². The molecule has 0 aromatic heterocycles. The fourth-order valence-electron chi connectivity index (χ4n) is 1.73. The Balaban J connectivity index is 2.26. The highest BCUT2D eigenvalue weighted by molar-refractivity contribution is 6.39. The molecule has 94 valence electrons. The highest BCUT2D eigenvalue weighted by Gasteiger charge is 2.13. The maximum absolute atomic E-state index is 9.47. The zero-order valence-corrected chi connectivity index (χ0v) is 11.1. The van der Waals surface area contributed by atoms with Crippen LogP contribution in [0, 0.1) is 0 Å². The second-order valence-corrected chi connectivity index (χ2v) is 4.70. The molecule has 2 aromatic carbocycles. The van der Waals surface area contributed by atoms with Crippen LogP contribution in [0.25, 0.3) is 0 Å². The van der Waals surface area contributed by atoms with Gasteiger partial charge in [-0.1, -0.05) is 59.6 Å². The fraction of sp³-hybridized carbons (Fsp3) is 0.143. The summed E-state index contributed by atoms with van der Waals surface area (Å²) in [5.41, 5.74) is 1.62. The first kappa shape index (κ1) is 13.2. The van der Waals surface area contributed by atoms with Gasteiger partial charge in [0.05, 0.1) is 28.4 Å². The topological polar surface area (TPSA) is 32.3 Å². The number of aliphatic hydroxyl groups is 1. The van der Waals surface area contributed by atoms with Crippen LogP contribution in [0.1, 0.15) is 11.6 Å². The van der Waals surface area contributed by atoms with Crippen LogP contribution in [0.15, 0.2) is 48.5 Å². The third kappa shape index (κ3) is 2.96. The van der Waals surface area contributed by atoms with E-state index >= 15 is 0 Å². The van der Waals surface area contributed by atoms with Crippen molar-refractivity contribution < 1.29 is 5.11 Å². The molecule has 2 aromatic rings. The normalized spacial score (nSPS) is 12.2. The van der Waals surface area contributed by atoms with E-state index in [-0.39, 0.29) is 12.6 Å². The molecule has 0 heterocycles. The van der Waals surface area contributed by atoms with E-state index in [1.165, 1.54) is 0 Å². The van der Waals surface area contributed by atoms with Crippen molar-refractivity contribution in [3.8, 4) is 0 Å². The van der Waals surface area contributed by atoms with Gasteiger partial charge in [-0.15, -0.1) is 0 Å². The van der Waals surface area contributed by atoms with Gasteiger partial charge in [0.15, 0.2) is 0 Å². The van der Waals surface area contributed by atoms with Crippen LogP contribution in [-0.4, -0.2) is 11.7 Å². The molecule has 2 nitrogen and oxygen atoms in total. The lowest BCUT2D eigenvalue weighted by Gasteiger charge is -2.19. The van der Waals surface area contributed by atoms with Gasteiger partial charge < -0.3 is 10.4 Å². The molecule has 18 heavy (non-hydrogen) atoms. The van der Waals surface area contributed by atoms with E-state index in [1.807, 2.05) is 30.3 Å². The van der Waals surface area contributed by atoms with Crippen molar-refractivity contribution in [1.82, 2.24) is 0 Å². The minimum atomic E-state index is -0.233. The summed E-state index contributed by atoms with van der Waals surface area (Å²) in [5, 5.41) is 13.7. The monoisotopic (exact) mass is 281 g/mol. The lowest BCUT2D eigenvalue weighted by atomic mass is 10.1. The predicted octanol–water partition coefficient (Wildman–Crippen LogP) is 4.14. The van der Waals surface area contributed by atoms with Crippen molar-refractivity contribution in [2.45, 2.75) is 6.04 Å². The van der Waals surface area contributed by atoms with Crippen LogP contribution in [0.5, 0.6) is 0 Å². The Kier molecular flexibility index (Phi) is 4.48. The van der Waals surface area contributed by atoms with E-state index in [9.17, 15) is 5.11 Å². The molecular formula is C14H13Cl2NO. The van der Waals surface area contributed by atoms with Crippen molar-refractivity contribution in [1.29, 1.82) is 0 Å². The van der Waals surface area contributed by atoms with E-state index in [1.54, 1.807) is 18.2 Å². The van der Waals surface area contributed by atoms with Crippen molar-refractivity contribution in [2.24, 2.45) is 0 Å². The Bertz CT molecular complexity index is 496. The van der Waals surface area contributed by atoms with Gasteiger partial charge in [-0.05, 0) is 17.7 Å². The van der Waals surface area contributed by atoms with Gasteiger partial charge in [-0.25, -0.2) is 0 Å². The molecule has 4 heteroatoms. The summed E-state index contributed by atoms with van der Waals surface area (Å²) in [6.45, 7) is -0.0361. The smallest absolute Gasteiger partial charge is 0.0746 e.